The lowest BCUT2D eigenvalue weighted by Gasteiger charge is -2.01. The summed E-state index contributed by atoms with van der Waals surface area (Å²) in [6.07, 6.45) is 3.89. The second kappa shape index (κ2) is 7.67. The molecule has 1 aromatic carbocycles. The molecule has 26 heavy (non-hydrogen) atoms. The van der Waals surface area contributed by atoms with Gasteiger partial charge in [0.25, 0.3) is 5.89 Å². The molecule has 0 aliphatic carbocycles. The number of nitrogens with one attached hydrogen (secondary N) is 1. The fraction of sp³-hybridized carbons (Fsp3) is 0.111. The highest BCUT2D eigenvalue weighted by Gasteiger charge is 2.18. The van der Waals surface area contributed by atoms with Crippen LogP contribution in [-0.2, 0) is 0 Å². The van der Waals surface area contributed by atoms with Crippen LogP contribution in [0.1, 0.15) is 29.5 Å². The summed E-state index contributed by atoms with van der Waals surface area (Å²) < 4.78 is 5.76. The minimum absolute atomic E-state index is 0.0436. The third kappa shape index (κ3) is 3.92. The van der Waals surface area contributed by atoms with E-state index in [1.165, 1.54) is 11.8 Å². The van der Waals surface area contributed by atoms with E-state index in [0.717, 1.165) is 10.4 Å². The molecule has 1 atom stereocenters. The normalized spacial score (nSPS) is 12.7. The SMILES string of the molecule is CC(Sc1n[nH]c(/C=C/c2ccccc2)n1)c1nnc(-c2cccs2)o1. The Kier molecular flexibility index (Phi) is 4.94. The van der Waals surface area contributed by atoms with Gasteiger partial charge >= 0.3 is 0 Å². The van der Waals surface area contributed by atoms with Crippen LogP contribution in [0.2, 0.25) is 0 Å². The van der Waals surface area contributed by atoms with Crippen LogP contribution in [0.3, 0.4) is 0 Å². The highest BCUT2D eigenvalue weighted by molar-refractivity contribution is 7.99. The predicted molar refractivity (Wildman–Crippen MR) is 104 cm³/mol. The first-order valence-electron chi connectivity index (χ1n) is 7.97. The van der Waals surface area contributed by atoms with Gasteiger partial charge in [0, 0.05) is 0 Å². The lowest BCUT2D eigenvalue weighted by Crippen LogP contribution is -1.89. The Hall–Kier alpha value is -2.71. The molecule has 0 aliphatic heterocycles. The van der Waals surface area contributed by atoms with Gasteiger partial charge in [-0.2, -0.15) is 0 Å². The molecular weight excluding hydrogens is 366 g/mol. The zero-order valence-electron chi connectivity index (χ0n) is 13.9. The van der Waals surface area contributed by atoms with Crippen molar-refractivity contribution in [3.05, 3.63) is 65.1 Å². The smallest absolute Gasteiger partial charge is 0.257 e. The Morgan fingerprint density at radius 1 is 1.12 bits per heavy atom. The van der Waals surface area contributed by atoms with Gasteiger partial charge in [-0.25, -0.2) is 4.98 Å². The Morgan fingerprint density at radius 3 is 2.81 bits per heavy atom. The van der Waals surface area contributed by atoms with Gasteiger partial charge in [0.1, 0.15) is 5.82 Å². The highest BCUT2D eigenvalue weighted by Crippen LogP contribution is 2.34. The number of aromatic amines is 1. The quantitative estimate of drug-likeness (QED) is 0.477. The van der Waals surface area contributed by atoms with Crippen molar-refractivity contribution in [1.82, 2.24) is 25.4 Å². The molecule has 8 heteroatoms. The molecule has 3 aromatic heterocycles. The van der Waals surface area contributed by atoms with E-state index >= 15 is 0 Å². The van der Waals surface area contributed by atoms with Crippen LogP contribution >= 0.6 is 23.1 Å². The third-order valence-corrected chi connectivity index (χ3v) is 5.32. The molecule has 1 N–H and O–H groups in total. The lowest BCUT2D eigenvalue weighted by atomic mass is 10.2. The van der Waals surface area contributed by atoms with Crippen LogP contribution in [0, 0.1) is 0 Å². The molecule has 6 nitrogen and oxygen atoms in total. The molecule has 0 saturated heterocycles. The fourth-order valence-electron chi connectivity index (χ4n) is 2.23. The van der Waals surface area contributed by atoms with E-state index in [1.54, 1.807) is 11.3 Å². The number of hydrogen-bond donors (Lipinski definition) is 1. The van der Waals surface area contributed by atoms with Crippen LogP contribution in [0.25, 0.3) is 22.9 Å². The standard InChI is InChI=1S/C18H15N5OS2/c1-12(16-21-22-17(24-16)14-8-5-11-25-14)26-18-19-15(20-23-18)10-9-13-6-3-2-4-7-13/h2-12H,1H3,(H,19,20,23)/b10-9+. The van der Waals surface area contributed by atoms with Crippen molar-refractivity contribution in [2.24, 2.45) is 0 Å². The van der Waals surface area contributed by atoms with Crippen molar-refractivity contribution in [3.63, 3.8) is 0 Å². The van der Waals surface area contributed by atoms with E-state index in [0.29, 0.717) is 22.8 Å². The van der Waals surface area contributed by atoms with Crippen molar-refractivity contribution in [1.29, 1.82) is 0 Å². The summed E-state index contributed by atoms with van der Waals surface area (Å²) in [5, 5.41) is 18.0. The summed E-state index contributed by atoms with van der Waals surface area (Å²) in [5.41, 5.74) is 1.11. The third-order valence-electron chi connectivity index (χ3n) is 3.52. The van der Waals surface area contributed by atoms with Gasteiger partial charge in [-0.3, -0.25) is 5.10 Å². The van der Waals surface area contributed by atoms with Crippen molar-refractivity contribution >= 4 is 35.3 Å². The molecule has 0 saturated carbocycles. The number of nitrogens with zero attached hydrogens (tertiary/aromatic N) is 4. The number of hydrogen-bond acceptors (Lipinski definition) is 7. The molecule has 3 heterocycles. The number of rotatable bonds is 6. The maximum Gasteiger partial charge on any atom is 0.257 e. The maximum atomic E-state index is 5.76. The molecule has 4 aromatic rings. The number of thioether (sulfide) groups is 1. The maximum absolute atomic E-state index is 5.76. The van der Waals surface area contributed by atoms with Crippen LogP contribution in [0.4, 0.5) is 0 Å². The van der Waals surface area contributed by atoms with E-state index < -0.39 is 0 Å². The van der Waals surface area contributed by atoms with E-state index in [2.05, 4.69) is 25.4 Å². The van der Waals surface area contributed by atoms with Crippen molar-refractivity contribution in [2.75, 3.05) is 0 Å². The highest BCUT2D eigenvalue weighted by atomic mass is 32.2. The molecule has 1 unspecified atom stereocenters. The molecule has 130 valence electrons. The fourth-order valence-corrected chi connectivity index (χ4v) is 3.64. The second-order valence-electron chi connectivity index (χ2n) is 5.43. The van der Waals surface area contributed by atoms with Gasteiger partial charge in [-0.1, -0.05) is 54.2 Å². The first-order chi connectivity index (χ1) is 12.8. The number of H-pyrrole nitrogens is 1. The Morgan fingerprint density at radius 2 is 2.00 bits per heavy atom. The molecule has 0 bridgehead atoms. The van der Waals surface area contributed by atoms with Gasteiger partial charge in [-0.15, -0.1) is 26.6 Å². The van der Waals surface area contributed by atoms with Crippen molar-refractivity contribution in [2.45, 2.75) is 17.3 Å². The van der Waals surface area contributed by atoms with E-state index in [9.17, 15) is 0 Å². The molecule has 0 spiro atoms. The average Bonchev–Trinajstić information content (AvgIpc) is 3.41. The summed E-state index contributed by atoms with van der Waals surface area (Å²) in [7, 11) is 0. The summed E-state index contributed by atoms with van der Waals surface area (Å²) >= 11 is 3.04. The van der Waals surface area contributed by atoms with Crippen LogP contribution < -0.4 is 0 Å². The van der Waals surface area contributed by atoms with Gasteiger partial charge in [0.2, 0.25) is 11.0 Å². The average molecular weight is 381 g/mol. The first kappa shape index (κ1) is 16.7. The molecule has 4 rings (SSSR count). The summed E-state index contributed by atoms with van der Waals surface area (Å²) in [6, 6.07) is 14.0. The molecule has 0 fully saturated rings. The molecular formula is C18H15N5OS2. The van der Waals surface area contributed by atoms with Gasteiger partial charge in [0.05, 0.1) is 10.1 Å². The molecule has 0 radical (unpaired) electrons. The van der Waals surface area contributed by atoms with E-state index in [-0.39, 0.29) is 5.25 Å². The predicted octanol–water partition coefficient (Wildman–Crippen LogP) is 4.94. The van der Waals surface area contributed by atoms with Crippen LogP contribution in [-0.4, -0.2) is 25.4 Å². The minimum atomic E-state index is -0.0436. The van der Waals surface area contributed by atoms with Gasteiger partial charge in [-0.05, 0) is 30.0 Å². The zero-order valence-corrected chi connectivity index (χ0v) is 15.5. The zero-order chi connectivity index (χ0) is 17.8. The van der Waals surface area contributed by atoms with Gasteiger partial charge in [0.15, 0.2) is 0 Å². The summed E-state index contributed by atoms with van der Waals surface area (Å²) in [6.45, 7) is 1.99. The van der Waals surface area contributed by atoms with Gasteiger partial charge < -0.3 is 4.42 Å². The first-order valence-corrected chi connectivity index (χ1v) is 9.73. The van der Waals surface area contributed by atoms with Crippen LogP contribution in [0.5, 0.6) is 0 Å². The topological polar surface area (TPSA) is 80.5 Å². The van der Waals surface area contributed by atoms with Crippen LogP contribution in [0.15, 0.2) is 57.4 Å². The Balaban J connectivity index is 1.41. The van der Waals surface area contributed by atoms with E-state index in [1.807, 2.05) is 66.9 Å². The Labute approximate surface area is 158 Å². The monoisotopic (exact) mass is 381 g/mol. The lowest BCUT2D eigenvalue weighted by molar-refractivity contribution is 0.510. The van der Waals surface area contributed by atoms with Crippen molar-refractivity contribution < 1.29 is 4.42 Å². The Bertz CT molecular complexity index is 992. The van der Waals surface area contributed by atoms with Crippen molar-refractivity contribution in [3.8, 4) is 10.8 Å². The molecule has 0 aliphatic rings. The number of thiophene rings is 1. The summed E-state index contributed by atoms with van der Waals surface area (Å²) in [4.78, 5) is 5.43. The summed E-state index contributed by atoms with van der Waals surface area (Å²) in [5.74, 6) is 1.81. The largest absolute Gasteiger partial charge is 0.419 e. The molecule has 0 amide bonds. The second-order valence-corrected chi connectivity index (χ2v) is 7.69. The minimum Gasteiger partial charge on any atom is -0.419 e. The number of aromatic nitrogens is 5. The van der Waals surface area contributed by atoms with E-state index in [4.69, 9.17) is 4.42 Å². The number of benzene rings is 1.